The smallest absolute Gasteiger partial charge is 0.170 e. The summed E-state index contributed by atoms with van der Waals surface area (Å²) in [5.41, 5.74) is 1.85. The van der Waals surface area contributed by atoms with Crippen LogP contribution in [0.15, 0.2) is 109 Å². The van der Waals surface area contributed by atoms with Gasteiger partial charge in [-0.3, -0.25) is 9.59 Å². The van der Waals surface area contributed by atoms with E-state index in [4.69, 9.17) is 18.9 Å². The SMILES string of the molecule is COc1cc(/C=C/C(=O)C(Cc2ccccc2)(Cc2ccccc2)C(=O)/C=C/c2ccc(OCCN(C)C)c(OC)c2)ccc1OCCN(C)C. The molecule has 8 nitrogen and oxygen atoms in total. The minimum atomic E-state index is -1.42. The minimum Gasteiger partial charge on any atom is -0.493 e. The monoisotopic (exact) mass is 690 g/mol. The first-order chi connectivity index (χ1) is 24.6. The highest BCUT2D eigenvalue weighted by Gasteiger charge is 2.43. The van der Waals surface area contributed by atoms with Gasteiger partial charge in [0.05, 0.1) is 14.2 Å². The molecule has 51 heavy (non-hydrogen) atoms. The normalized spacial score (nSPS) is 11.8. The second kappa shape index (κ2) is 19.3. The number of nitrogens with zero attached hydrogens (tertiary/aromatic N) is 2. The largest absolute Gasteiger partial charge is 0.493 e. The summed E-state index contributed by atoms with van der Waals surface area (Å²) in [4.78, 5) is 33.2. The molecule has 268 valence electrons. The van der Waals surface area contributed by atoms with Crippen LogP contribution in [0, 0.1) is 5.41 Å². The Morgan fingerprint density at radius 1 is 0.569 bits per heavy atom. The zero-order valence-corrected chi connectivity index (χ0v) is 30.6. The average Bonchev–Trinajstić information content (AvgIpc) is 3.13. The molecule has 0 aliphatic carbocycles. The number of likely N-dealkylation sites (N-methyl/N-ethyl adjacent to an activating group) is 2. The van der Waals surface area contributed by atoms with Gasteiger partial charge in [0, 0.05) is 13.1 Å². The third kappa shape index (κ3) is 11.4. The number of hydrogen-bond acceptors (Lipinski definition) is 8. The molecule has 8 heteroatoms. The number of ether oxygens (including phenoxy) is 4. The lowest BCUT2D eigenvalue weighted by Gasteiger charge is -2.29. The second-order valence-electron chi connectivity index (χ2n) is 12.9. The van der Waals surface area contributed by atoms with E-state index in [-0.39, 0.29) is 24.4 Å². The van der Waals surface area contributed by atoms with Gasteiger partial charge in [0.1, 0.15) is 18.6 Å². The van der Waals surface area contributed by atoms with Crippen molar-refractivity contribution in [1.82, 2.24) is 9.80 Å². The number of rotatable bonds is 20. The van der Waals surface area contributed by atoms with Gasteiger partial charge in [-0.1, -0.05) is 84.9 Å². The Bertz CT molecular complexity index is 1640. The summed E-state index contributed by atoms with van der Waals surface area (Å²) in [6.45, 7) is 2.54. The van der Waals surface area contributed by atoms with Crippen molar-refractivity contribution >= 4 is 23.7 Å². The molecule has 0 N–H and O–H groups in total. The zero-order chi connectivity index (χ0) is 36.6. The van der Waals surface area contributed by atoms with Gasteiger partial charge >= 0.3 is 0 Å². The number of carbonyl (C=O) groups is 2. The summed E-state index contributed by atoms with van der Waals surface area (Å²) in [7, 11) is 11.1. The van der Waals surface area contributed by atoms with Gasteiger partial charge in [0.25, 0.3) is 0 Å². The van der Waals surface area contributed by atoms with Crippen molar-refractivity contribution in [2.75, 3.05) is 68.7 Å². The first kappa shape index (κ1) is 38.6. The van der Waals surface area contributed by atoms with Gasteiger partial charge in [-0.15, -0.1) is 0 Å². The summed E-state index contributed by atoms with van der Waals surface area (Å²) >= 11 is 0. The second-order valence-corrected chi connectivity index (χ2v) is 12.9. The Kier molecular flexibility index (Phi) is 14.6. The quantitative estimate of drug-likeness (QED) is 0.0731. The van der Waals surface area contributed by atoms with Crippen LogP contribution in [0.25, 0.3) is 12.2 Å². The molecule has 0 spiro atoms. The lowest BCUT2D eigenvalue weighted by Crippen LogP contribution is -2.42. The van der Waals surface area contributed by atoms with Crippen molar-refractivity contribution in [3.63, 3.8) is 0 Å². The fraction of sp³-hybridized carbons (Fsp3) is 0.302. The number of hydrogen-bond donors (Lipinski definition) is 0. The van der Waals surface area contributed by atoms with Crippen molar-refractivity contribution in [2.45, 2.75) is 12.8 Å². The van der Waals surface area contributed by atoms with Gasteiger partial charge in [-0.2, -0.15) is 0 Å². The topological polar surface area (TPSA) is 77.5 Å². The summed E-state index contributed by atoms with van der Waals surface area (Å²) < 4.78 is 23.0. The molecule has 0 radical (unpaired) electrons. The van der Waals surface area contributed by atoms with Crippen LogP contribution in [-0.4, -0.2) is 90.1 Å². The third-order valence-electron chi connectivity index (χ3n) is 8.46. The fourth-order valence-electron chi connectivity index (χ4n) is 5.57. The van der Waals surface area contributed by atoms with Crippen LogP contribution < -0.4 is 18.9 Å². The van der Waals surface area contributed by atoms with E-state index in [1.165, 1.54) is 12.2 Å². The van der Waals surface area contributed by atoms with E-state index in [9.17, 15) is 9.59 Å². The van der Waals surface area contributed by atoms with Crippen LogP contribution in [0.3, 0.4) is 0 Å². The van der Waals surface area contributed by atoms with Crippen LogP contribution in [0.5, 0.6) is 23.0 Å². The number of carbonyl (C=O) groups excluding carboxylic acids is 2. The lowest BCUT2D eigenvalue weighted by molar-refractivity contribution is -0.135. The van der Waals surface area contributed by atoms with E-state index in [2.05, 4.69) is 0 Å². The van der Waals surface area contributed by atoms with Gasteiger partial charge in [0.15, 0.2) is 34.6 Å². The van der Waals surface area contributed by atoms with Gasteiger partial charge in [0.2, 0.25) is 0 Å². The molecule has 0 aromatic heterocycles. The molecule has 0 amide bonds. The van der Waals surface area contributed by atoms with E-state index >= 15 is 0 Å². The van der Waals surface area contributed by atoms with Gasteiger partial charge in [-0.25, -0.2) is 0 Å². The molecule has 4 rings (SSSR count). The maximum atomic E-state index is 14.6. The molecule has 0 aliphatic rings. The Balaban J connectivity index is 1.70. The maximum Gasteiger partial charge on any atom is 0.170 e. The first-order valence-corrected chi connectivity index (χ1v) is 17.1. The van der Waals surface area contributed by atoms with E-state index < -0.39 is 5.41 Å². The van der Waals surface area contributed by atoms with Crippen LogP contribution in [0.4, 0.5) is 0 Å². The summed E-state index contributed by atoms with van der Waals surface area (Å²) in [6, 6.07) is 30.4. The van der Waals surface area contributed by atoms with Gasteiger partial charge < -0.3 is 28.7 Å². The number of allylic oxidation sites excluding steroid dienone is 2. The Hall–Kier alpha value is -5.18. The van der Waals surface area contributed by atoms with Crippen LogP contribution in [0.1, 0.15) is 22.3 Å². The lowest BCUT2D eigenvalue weighted by atomic mass is 9.69. The standard InChI is InChI=1S/C43H50N2O6/c1-44(2)25-27-50-37-21-17-33(29-39(37)48-5)19-23-41(46)43(31-35-13-9-7-10-14-35,32-36-15-11-8-12-16-36)42(47)24-20-34-18-22-38(40(30-34)49-6)51-28-26-45(3)4/h7-24,29-30H,25-28,31-32H2,1-6H3/b23-19+,24-20+. The van der Waals surface area contributed by atoms with E-state index in [1.807, 2.05) is 135 Å². The molecular weight excluding hydrogens is 640 g/mol. The van der Waals surface area contributed by atoms with E-state index in [0.717, 1.165) is 35.3 Å². The highest BCUT2D eigenvalue weighted by molar-refractivity contribution is 6.17. The predicted molar refractivity (Wildman–Crippen MR) is 205 cm³/mol. The molecular formula is C43H50N2O6. The molecule has 4 aromatic rings. The Morgan fingerprint density at radius 3 is 1.31 bits per heavy atom. The highest BCUT2D eigenvalue weighted by Crippen LogP contribution is 2.34. The Labute approximate surface area is 302 Å². The van der Waals surface area contributed by atoms with Crippen LogP contribution >= 0.6 is 0 Å². The van der Waals surface area contributed by atoms with E-state index in [0.29, 0.717) is 36.2 Å². The summed E-state index contributed by atoms with van der Waals surface area (Å²) in [6.07, 6.45) is 6.94. The number of methoxy groups -OCH3 is 2. The maximum absolute atomic E-state index is 14.6. The number of benzene rings is 4. The molecule has 0 atom stereocenters. The van der Waals surface area contributed by atoms with Crippen molar-refractivity contribution in [3.05, 3.63) is 131 Å². The number of ketones is 2. The summed E-state index contributed by atoms with van der Waals surface area (Å²) in [5, 5.41) is 0. The highest BCUT2D eigenvalue weighted by atomic mass is 16.5. The molecule has 0 unspecified atom stereocenters. The fourth-order valence-corrected chi connectivity index (χ4v) is 5.57. The zero-order valence-electron chi connectivity index (χ0n) is 30.6. The van der Waals surface area contributed by atoms with Crippen LogP contribution in [-0.2, 0) is 22.4 Å². The molecule has 0 saturated carbocycles. The Morgan fingerprint density at radius 2 is 0.961 bits per heavy atom. The molecule has 0 fully saturated rings. The van der Waals surface area contributed by atoms with Crippen molar-refractivity contribution in [2.24, 2.45) is 5.41 Å². The van der Waals surface area contributed by atoms with Crippen molar-refractivity contribution in [3.8, 4) is 23.0 Å². The molecule has 0 bridgehead atoms. The molecule has 4 aromatic carbocycles. The van der Waals surface area contributed by atoms with Crippen LogP contribution in [0.2, 0.25) is 0 Å². The molecule has 0 saturated heterocycles. The molecule has 0 aliphatic heterocycles. The minimum absolute atomic E-state index is 0.221. The molecule has 0 heterocycles. The first-order valence-electron chi connectivity index (χ1n) is 17.1. The van der Waals surface area contributed by atoms with Crippen molar-refractivity contribution < 1.29 is 28.5 Å². The average molecular weight is 691 g/mol. The third-order valence-corrected chi connectivity index (χ3v) is 8.46. The predicted octanol–water partition coefficient (Wildman–Crippen LogP) is 6.92. The van der Waals surface area contributed by atoms with E-state index in [1.54, 1.807) is 26.4 Å². The summed E-state index contributed by atoms with van der Waals surface area (Å²) in [5.74, 6) is 1.78. The van der Waals surface area contributed by atoms with Crippen molar-refractivity contribution in [1.29, 1.82) is 0 Å². The van der Waals surface area contributed by atoms with Gasteiger partial charge in [-0.05, 0) is 99.7 Å².